The van der Waals surface area contributed by atoms with Crippen molar-refractivity contribution in [2.24, 2.45) is 0 Å². The van der Waals surface area contributed by atoms with Crippen LogP contribution >= 0.6 is 0 Å². The molecular formula is C16H23N3O2. The summed E-state index contributed by atoms with van der Waals surface area (Å²) in [5, 5.41) is 6.21. The number of Topliss-reactive ketones (excluding diaryl/α,β-unsaturated/α-hetero) is 1. The standard InChI is InChI=1S/C16H23N3O2/c1-12(20)13-5-4-6-14(9-13)18-15(21)10-19-8-7-17-11-16(19,2)3/h4-6,9,17H,7-8,10-11H2,1-3H3,(H,18,21). The van der Waals surface area contributed by atoms with Crippen LogP contribution in [0.15, 0.2) is 24.3 Å². The van der Waals surface area contributed by atoms with Crippen LogP contribution in [0.5, 0.6) is 0 Å². The largest absolute Gasteiger partial charge is 0.325 e. The average molecular weight is 289 g/mol. The van der Waals surface area contributed by atoms with Gasteiger partial charge in [-0.3, -0.25) is 14.5 Å². The van der Waals surface area contributed by atoms with E-state index in [-0.39, 0.29) is 17.2 Å². The molecule has 0 unspecified atom stereocenters. The van der Waals surface area contributed by atoms with Crippen LogP contribution in [0.4, 0.5) is 5.69 Å². The molecule has 1 aromatic carbocycles. The van der Waals surface area contributed by atoms with Crippen LogP contribution in [0.1, 0.15) is 31.1 Å². The first kappa shape index (κ1) is 15.7. The number of ketones is 1. The zero-order chi connectivity index (χ0) is 15.5. The maximum absolute atomic E-state index is 12.2. The molecule has 0 aromatic heterocycles. The van der Waals surface area contributed by atoms with Crippen molar-refractivity contribution in [1.29, 1.82) is 0 Å². The van der Waals surface area contributed by atoms with Gasteiger partial charge in [0.2, 0.25) is 5.91 Å². The fourth-order valence-corrected chi connectivity index (χ4v) is 2.51. The second-order valence-corrected chi connectivity index (χ2v) is 6.10. The Morgan fingerprint density at radius 2 is 2.14 bits per heavy atom. The summed E-state index contributed by atoms with van der Waals surface area (Å²) in [5.74, 6) is -0.0555. The average Bonchev–Trinajstić information content (AvgIpc) is 2.41. The molecule has 1 amide bonds. The first-order valence-electron chi connectivity index (χ1n) is 7.25. The van der Waals surface area contributed by atoms with Crippen LogP contribution in [-0.4, -0.2) is 48.3 Å². The molecule has 0 radical (unpaired) electrons. The van der Waals surface area contributed by atoms with Crippen molar-refractivity contribution in [2.75, 3.05) is 31.5 Å². The van der Waals surface area contributed by atoms with Gasteiger partial charge in [-0.05, 0) is 32.9 Å². The van der Waals surface area contributed by atoms with Crippen LogP contribution < -0.4 is 10.6 Å². The highest BCUT2D eigenvalue weighted by Crippen LogP contribution is 2.16. The van der Waals surface area contributed by atoms with Gasteiger partial charge in [0.25, 0.3) is 0 Å². The zero-order valence-corrected chi connectivity index (χ0v) is 12.9. The maximum Gasteiger partial charge on any atom is 0.238 e. The fourth-order valence-electron chi connectivity index (χ4n) is 2.51. The monoisotopic (exact) mass is 289 g/mol. The lowest BCUT2D eigenvalue weighted by Crippen LogP contribution is -2.59. The molecule has 114 valence electrons. The first-order chi connectivity index (χ1) is 9.88. The van der Waals surface area contributed by atoms with Gasteiger partial charge >= 0.3 is 0 Å². The third kappa shape index (κ3) is 4.12. The van der Waals surface area contributed by atoms with E-state index in [2.05, 4.69) is 29.4 Å². The van der Waals surface area contributed by atoms with Crippen molar-refractivity contribution in [2.45, 2.75) is 26.3 Å². The van der Waals surface area contributed by atoms with Gasteiger partial charge in [0.1, 0.15) is 0 Å². The van der Waals surface area contributed by atoms with Crippen molar-refractivity contribution in [1.82, 2.24) is 10.2 Å². The molecule has 0 saturated carbocycles. The summed E-state index contributed by atoms with van der Waals surface area (Å²) in [6.07, 6.45) is 0. The molecule has 0 atom stereocenters. The van der Waals surface area contributed by atoms with Crippen LogP contribution in [0.3, 0.4) is 0 Å². The maximum atomic E-state index is 12.2. The van der Waals surface area contributed by atoms with Gasteiger partial charge in [-0.15, -0.1) is 0 Å². The van der Waals surface area contributed by atoms with E-state index in [1.807, 2.05) is 0 Å². The summed E-state index contributed by atoms with van der Waals surface area (Å²) in [7, 11) is 0. The molecule has 1 fully saturated rings. The summed E-state index contributed by atoms with van der Waals surface area (Å²) in [4.78, 5) is 25.7. The third-order valence-electron chi connectivity index (χ3n) is 3.86. The first-order valence-corrected chi connectivity index (χ1v) is 7.25. The molecule has 1 aliphatic heterocycles. The molecule has 1 heterocycles. The van der Waals surface area contributed by atoms with Gasteiger partial charge in [-0.25, -0.2) is 0 Å². The van der Waals surface area contributed by atoms with Crippen molar-refractivity contribution < 1.29 is 9.59 Å². The Balaban J connectivity index is 1.98. The zero-order valence-electron chi connectivity index (χ0n) is 12.9. The molecule has 1 aliphatic rings. The number of hydrogen-bond acceptors (Lipinski definition) is 4. The lowest BCUT2D eigenvalue weighted by molar-refractivity contribution is -0.119. The van der Waals surface area contributed by atoms with Crippen LogP contribution in [0.25, 0.3) is 0 Å². The van der Waals surface area contributed by atoms with Crippen molar-refractivity contribution in [3.8, 4) is 0 Å². The van der Waals surface area contributed by atoms with Gasteiger partial charge in [0.05, 0.1) is 6.54 Å². The highest BCUT2D eigenvalue weighted by molar-refractivity contribution is 5.97. The Labute approximate surface area is 125 Å². The number of piperazine rings is 1. The van der Waals surface area contributed by atoms with Crippen LogP contribution in [-0.2, 0) is 4.79 Å². The lowest BCUT2D eigenvalue weighted by atomic mass is 10.0. The molecule has 21 heavy (non-hydrogen) atoms. The molecule has 1 aromatic rings. The normalized spacial score (nSPS) is 18.2. The molecule has 0 bridgehead atoms. The third-order valence-corrected chi connectivity index (χ3v) is 3.86. The minimum Gasteiger partial charge on any atom is -0.325 e. The van der Waals surface area contributed by atoms with E-state index in [1.54, 1.807) is 24.3 Å². The number of nitrogens with one attached hydrogen (secondary N) is 2. The molecule has 5 nitrogen and oxygen atoms in total. The van der Waals surface area contributed by atoms with E-state index in [0.29, 0.717) is 17.8 Å². The molecular weight excluding hydrogens is 266 g/mol. The number of amides is 1. The molecule has 2 rings (SSSR count). The summed E-state index contributed by atoms with van der Waals surface area (Å²) in [6, 6.07) is 7.04. The topological polar surface area (TPSA) is 61.4 Å². The Morgan fingerprint density at radius 3 is 2.81 bits per heavy atom. The van der Waals surface area contributed by atoms with Gasteiger partial charge in [-0.2, -0.15) is 0 Å². The number of carbonyl (C=O) groups excluding carboxylic acids is 2. The molecule has 0 spiro atoms. The Morgan fingerprint density at radius 1 is 1.38 bits per heavy atom. The Kier molecular flexibility index (Phi) is 4.75. The highest BCUT2D eigenvalue weighted by atomic mass is 16.2. The molecule has 1 saturated heterocycles. The molecule has 0 aliphatic carbocycles. The van der Waals surface area contributed by atoms with Gasteiger partial charge in [-0.1, -0.05) is 12.1 Å². The Hall–Kier alpha value is -1.72. The molecule has 2 N–H and O–H groups in total. The number of hydrogen-bond donors (Lipinski definition) is 2. The number of anilines is 1. The summed E-state index contributed by atoms with van der Waals surface area (Å²) in [6.45, 7) is 8.76. The minimum atomic E-state index is -0.0503. The van der Waals surface area contributed by atoms with E-state index in [0.717, 1.165) is 19.6 Å². The van der Waals surface area contributed by atoms with Crippen molar-refractivity contribution >= 4 is 17.4 Å². The fraction of sp³-hybridized carbons (Fsp3) is 0.500. The van der Waals surface area contributed by atoms with E-state index < -0.39 is 0 Å². The smallest absolute Gasteiger partial charge is 0.238 e. The summed E-state index contributed by atoms with van der Waals surface area (Å²) >= 11 is 0. The number of benzene rings is 1. The second kappa shape index (κ2) is 6.37. The number of rotatable bonds is 4. The van der Waals surface area contributed by atoms with E-state index >= 15 is 0 Å². The van der Waals surface area contributed by atoms with Gasteiger partial charge in [0, 0.05) is 36.4 Å². The van der Waals surface area contributed by atoms with Crippen LogP contribution in [0, 0.1) is 0 Å². The number of carbonyl (C=O) groups is 2. The predicted octanol–water partition coefficient (Wildman–Crippen LogP) is 1.51. The lowest BCUT2D eigenvalue weighted by Gasteiger charge is -2.42. The predicted molar refractivity (Wildman–Crippen MR) is 83.6 cm³/mol. The van der Waals surface area contributed by atoms with E-state index in [4.69, 9.17) is 0 Å². The van der Waals surface area contributed by atoms with Gasteiger partial charge in [0.15, 0.2) is 5.78 Å². The van der Waals surface area contributed by atoms with Crippen molar-refractivity contribution in [3.63, 3.8) is 0 Å². The second-order valence-electron chi connectivity index (χ2n) is 6.10. The highest BCUT2D eigenvalue weighted by Gasteiger charge is 2.30. The Bertz CT molecular complexity index is 540. The summed E-state index contributed by atoms with van der Waals surface area (Å²) in [5.41, 5.74) is 1.24. The SMILES string of the molecule is CC(=O)c1cccc(NC(=O)CN2CCNCC2(C)C)c1. The van der Waals surface area contributed by atoms with Crippen molar-refractivity contribution in [3.05, 3.63) is 29.8 Å². The van der Waals surface area contributed by atoms with Gasteiger partial charge < -0.3 is 10.6 Å². The quantitative estimate of drug-likeness (QED) is 0.825. The minimum absolute atomic E-state index is 0.00524. The van der Waals surface area contributed by atoms with E-state index in [9.17, 15) is 9.59 Å². The van der Waals surface area contributed by atoms with Crippen LogP contribution in [0.2, 0.25) is 0 Å². The number of nitrogens with zero attached hydrogens (tertiary/aromatic N) is 1. The van der Waals surface area contributed by atoms with E-state index in [1.165, 1.54) is 6.92 Å². The summed E-state index contributed by atoms with van der Waals surface area (Å²) < 4.78 is 0. The molecule has 5 heteroatoms.